The average molecular weight is 319 g/mol. The molecule has 0 atom stereocenters. The molecule has 0 radical (unpaired) electrons. The van der Waals surface area contributed by atoms with Crippen LogP contribution in [0.5, 0.6) is 0 Å². The van der Waals surface area contributed by atoms with E-state index in [4.69, 9.17) is 9.31 Å². The van der Waals surface area contributed by atoms with E-state index in [1.54, 1.807) is 12.1 Å². The minimum Gasteiger partial charge on any atom is -0.400 e. The number of hydrogen-bond donors (Lipinski definition) is 1. The van der Waals surface area contributed by atoms with Gasteiger partial charge in [0.2, 0.25) is 0 Å². The van der Waals surface area contributed by atoms with Crippen molar-refractivity contribution in [2.75, 3.05) is 13.6 Å². The summed E-state index contributed by atoms with van der Waals surface area (Å²) in [6, 6.07) is 3.11. The fourth-order valence-electron chi connectivity index (χ4n) is 2.74. The van der Waals surface area contributed by atoms with E-state index in [9.17, 15) is 4.39 Å². The van der Waals surface area contributed by atoms with Gasteiger partial charge in [0.05, 0.1) is 11.2 Å². The maximum absolute atomic E-state index is 13.5. The Bertz CT molecular complexity index is 586. The van der Waals surface area contributed by atoms with E-state index in [1.807, 2.05) is 48.6 Å². The van der Waals surface area contributed by atoms with E-state index >= 15 is 0 Å². The second-order valence-corrected chi connectivity index (χ2v) is 7.29. The third-order valence-corrected chi connectivity index (χ3v) is 4.83. The Morgan fingerprint density at radius 3 is 2.04 bits per heavy atom. The molecule has 0 saturated carbocycles. The van der Waals surface area contributed by atoms with E-state index in [1.165, 1.54) is 0 Å². The minimum absolute atomic E-state index is 0.206. The third-order valence-electron chi connectivity index (χ3n) is 4.83. The third kappa shape index (κ3) is 3.68. The Balaban J connectivity index is 2.41. The van der Waals surface area contributed by atoms with E-state index < -0.39 is 7.12 Å². The lowest BCUT2D eigenvalue weighted by Gasteiger charge is -2.32. The fourth-order valence-corrected chi connectivity index (χ4v) is 2.74. The zero-order chi connectivity index (χ0) is 17.4. The Labute approximate surface area is 139 Å². The van der Waals surface area contributed by atoms with E-state index in [-0.39, 0.29) is 17.0 Å². The van der Waals surface area contributed by atoms with Gasteiger partial charge < -0.3 is 14.6 Å². The highest BCUT2D eigenvalue weighted by Crippen LogP contribution is 2.39. The molecule has 1 aliphatic rings. The SMILES string of the molecule is CNCC(=Cc1c(C)cc(F)cc1C)B1OC(C)(C)C(C)(C)O1. The summed E-state index contributed by atoms with van der Waals surface area (Å²) in [7, 11) is 1.49. The van der Waals surface area contributed by atoms with Crippen LogP contribution < -0.4 is 5.32 Å². The quantitative estimate of drug-likeness (QED) is 0.859. The Morgan fingerprint density at radius 1 is 1.13 bits per heavy atom. The summed E-state index contributed by atoms with van der Waals surface area (Å²) in [5.41, 5.74) is 3.09. The maximum Gasteiger partial charge on any atom is 0.491 e. The number of nitrogens with one attached hydrogen (secondary N) is 1. The van der Waals surface area contributed by atoms with Crippen LogP contribution in [-0.4, -0.2) is 31.9 Å². The first-order chi connectivity index (χ1) is 10.6. The van der Waals surface area contributed by atoms with Gasteiger partial charge in [-0.3, -0.25) is 0 Å². The molecule has 1 heterocycles. The van der Waals surface area contributed by atoms with Crippen LogP contribution in [0.25, 0.3) is 6.08 Å². The largest absolute Gasteiger partial charge is 0.491 e. The predicted molar refractivity (Wildman–Crippen MR) is 93.9 cm³/mol. The van der Waals surface area contributed by atoms with Crippen LogP contribution in [0.2, 0.25) is 0 Å². The molecular formula is C18H27BFNO2. The highest BCUT2D eigenvalue weighted by Gasteiger charge is 2.52. The molecule has 1 aliphatic heterocycles. The normalized spacial score (nSPS) is 20.2. The van der Waals surface area contributed by atoms with Crippen LogP contribution in [-0.2, 0) is 9.31 Å². The first kappa shape index (κ1) is 18.2. The van der Waals surface area contributed by atoms with E-state index in [0.29, 0.717) is 6.54 Å². The summed E-state index contributed by atoms with van der Waals surface area (Å²) in [5.74, 6) is -0.206. The predicted octanol–water partition coefficient (Wildman–Crippen LogP) is 3.68. The summed E-state index contributed by atoms with van der Waals surface area (Å²) < 4.78 is 25.8. The van der Waals surface area contributed by atoms with Gasteiger partial charge in [-0.2, -0.15) is 0 Å². The van der Waals surface area contributed by atoms with Crippen LogP contribution in [0, 0.1) is 19.7 Å². The van der Waals surface area contributed by atoms with Crippen LogP contribution in [0.15, 0.2) is 17.6 Å². The highest BCUT2D eigenvalue weighted by atomic mass is 19.1. The summed E-state index contributed by atoms with van der Waals surface area (Å²) in [5, 5.41) is 3.17. The molecular weight excluding hydrogens is 292 g/mol. The van der Waals surface area contributed by atoms with Crippen molar-refractivity contribution >= 4 is 13.2 Å². The monoisotopic (exact) mass is 319 g/mol. The molecule has 0 aliphatic carbocycles. The first-order valence-corrected chi connectivity index (χ1v) is 8.05. The Hall–Kier alpha value is -1.17. The zero-order valence-corrected chi connectivity index (χ0v) is 15.2. The summed E-state index contributed by atoms with van der Waals surface area (Å²) in [4.78, 5) is 0. The lowest BCUT2D eigenvalue weighted by atomic mass is 9.76. The van der Waals surface area contributed by atoms with E-state index in [2.05, 4.69) is 11.4 Å². The molecule has 1 aromatic rings. The second-order valence-electron chi connectivity index (χ2n) is 7.29. The van der Waals surface area contributed by atoms with Gasteiger partial charge in [0.1, 0.15) is 5.82 Å². The molecule has 0 unspecified atom stereocenters. The van der Waals surface area contributed by atoms with Crippen LogP contribution in [0.1, 0.15) is 44.4 Å². The number of halogens is 1. The van der Waals surface area contributed by atoms with Crippen molar-refractivity contribution in [3.8, 4) is 0 Å². The number of likely N-dealkylation sites (N-methyl/N-ethyl adjacent to an activating group) is 1. The van der Waals surface area contributed by atoms with Crippen molar-refractivity contribution < 1.29 is 13.7 Å². The maximum atomic E-state index is 13.5. The summed E-state index contributed by atoms with van der Waals surface area (Å²) in [6.45, 7) is 12.6. The van der Waals surface area contributed by atoms with Gasteiger partial charge >= 0.3 is 7.12 Å². The Morgan fingerprint density at radius 2 is 1.61 bits per heavy atom. The molecule has 23 heavy (non-hydrogen) atoms. The van der Waals surface area contributed by atoms with Gasteiger partial charge in [-0.1, -0.05) is 6.08 Å². The molecule has 126 valence electrons. The smallest absolute Gasteiger partial charge is 0.400 e. The molecule has 1 aromatic carbocycles. The topological polar surface area (TPSA) is 30.5 Å². The first-order valence-electron chi connectivity index (χ1n) is 8.05. The minimum atomic E-state index is -0.406. The standard InChI is InChI=1S/C18H27BFNO2/c1-12-8-15(20)9-13(2)16(12)10-14(11-21-7)19-22-17(3,4)18(5,6)23-19/h8-10,21H,11H2,1-7H3. The van der Waals surface area contributed by atoms with Gasteiger partial charge in [-0.15, -0.1) is 0 Å². The van der Waals surface area contributed by atoms with Crippen molar-refractivity contribution in [3.05, 3.63) is 40.1 Å². The summed E-state index contributed by atoms with van der Waals surface area (Å²) in [6.07, 6.45) is 2.06. The van der Waals surface area contributed by atoms with Crippen LogP contribution in [0.3, 0.4) is 0 Å². The van der Waals surface area contributed by atoms with Gasteiger partial charge in [0, 0.05) is 6.54 Å². The van der Waals surface area contributed by atoms with Gasteiger partial charge in [-0.25, -0.2) is 4.39 Å². The molecule has 2 rings (SSSR count). The van der Waals surface area contributed by atoms with Crippen molar-refractivity contribution in [1.29, 1.82) is 0 Å². The number of benzene rings is 1. The van der Waals surface area contributed by atoms with Crippen LogP contribution >= 0.6 is 0 Å². The average Bonchev–Trinajstić information content (AvgIpc) is 2.61. The van der Waals surface area contributed by atoms with Gasteiger partial charge in [0.25, 0.3) is 0 Å². The lowest BCUT2D eigenvalue weighted by molar-refractivity contribution is 0.00578. The molecule has 1 saturated heterocycles. The fraction of sp³-hybridized carbons (Fsp3) is 0.556. The van der Waals surface area contributed by atoms with Gasteiger partial charge in [-0.05, 0) is 82.9 Å². The number of aryl methyl sites for hydroxylation is 2. The number of rotatable bonds is 4. The molecule has 0 spiro atoms. The molecule has 0 bridgehead atoms. The molecule has 0 aromatic heterocycles. The van der Waals surface area contributed by atoms with Gasteiger partial charge in [0.15, 0.2) is 0 Å². The molecule has 3 nitrogen and oxygen atoms in total. The lowest BCUT2D eigenvalue weighted by Crippen LogP contribution is -2.41. The molecule has 1 N–H and O–H groups in total. The second kappa shape index (κ2) is 6.38. The zero-order valence-electron chi connectivity index (χ0n) is 15.2. The molecule has 5 heteroatoms. The van der Waals surface area contributed by atoms with Crippen molar-refractivity contribution in [2.45, 2.75) is 52.7 Å². The van der Waals surface area contributed by atoms with Crippen molar-refractivity contribution in [2.24, 2.45) is 0 Å². The molecule has 0 amide bonds. The summed E-state index contributed by atoms with van der Waals surface area (Å²) >= 11 is 0. The van der Waals surface area contributed by atoms with E-state index in [0.717, 1.165) is 22.2 Å². The molecule has 1 fully saturated rings. The highest BCUT2D eigenvalue weighted by molar-refractivity contribution is 6.56. The van der Waals surface area contributed by atoms with Crippen LogP contribution in [0.4, 0.5) is 4.39 Å². The van der Waals surface area contributed by atoms with Crippen molar-refractivity contribution in [3.63, 3.8) is 0 Å². The Kier molecular flexibility index (Phi) is 5.04. The number of hydrogen-bond acceptors (Lipinski definition) is 3. The van der Waals surface area contributed by atoms with Crippen molar-refractivity contribution in [1.82, 2.24) is 5.32 Å².